The van der Waals surface area contributed by atoms with Crippen LogP contribution in [0.2, 0.25) is 0 Å². The number of likely N-dealkylation sites (N-methyl/N-ethyl adjacent to an activating group) is 1. The van der Waals surface area contributed by atoms with Gasteiger partial charge in [0.05, 0.1) is 7.11 Å². The Morgan fingerprint density at radius 3 is 2.55 bits per heavy atom. The van der Waals surface area contributed by atoms with E-state index < -0.39 is 0 Å². The molecule has 2 unspecified atom stereocenters. The van der Waals surface area contributed by atoms with Crippen LogP contribution in [0.25, 0.3) is 0 Å². The summed E-state index contributed by atoms with van der Waals surface area (Å²) in [6.45, 7) is 8.73. The zero-order valence-corrected chi connectivity index (χ0v) is 13.4. The van der Waals surface area contributed by atoms with Crippen LogP contribution in [0.15, 0.2) is 24.3 Å². The first-order valence-corrected chi connectivity index (χ1v) is 7.81. The SMILES string of the molecule is CCCCN(CC)C(c1cccc(OC)c1)C(N)CC. The summed E-state index contributed by atoms with van der Waals surface area (Å²) in [6, 6.07) is 8.74. The first-order chi connectivity index (χ1) is 9.67. The van der Waals surface area contributed by atoms with E-state index in [4.69, 9.17) is 10.5 Å². The highest BCUT2D eigenvalue weighted by Gasteiger charge is 2.24. The van der Waals surface area contributed by atoms with E-state index >= 15 is 0 Å². The predicted octanol–water partition coefficient (Wildman–Crippen LogP) is 3.60. The molecular formula is C17H30N2O. The Balaban J connectivity index is 3.02. The van der Waals surface area contributed by atoms with Crippen molar-refractivity contribution in [2.45, 2.75) is 52.1 Å². The molecule has 0 aliphatic rings. The van der Waals surface area contributed by atoms with E-state index in [0.29, 0.717) is 0 Å². The number of methoxy groups -OCH3 is 1. The van der Waals surface area contributed by atoms with Gasteiger partial charge in [0.1, 0.15) is 5.75 Å². The van der Waals surface area contributed by atoms with Crippen molar-refractivity contribution in [3.05, 3.63) is 29.8 Å². The van der Waals surface area contributed by atoms with Crippen LogP contribution < -0.4 is 10.5 Å². The summed E-state index contributed by atoms with van der Waals surface area (Å²) >= 11 is 0. The topological polar surface area (TPSA) is 38.5 Å². The van der Waals surface area contributed by atoms with Crippen LogP contribution in [-0.4, -0.2) is 31.1 Å². The van der Waals surface area contributed by atoms with Crippen molar-refractivity contribution in [3.8, 4) is 5.75 Å². The van der Waals surface area contributed by atoms with Crippen molar-refractivity contribution in [2.75, 3.05) is 20.2 Å². The average molecular weight is 278 g/mol. The molecule has 0 aliphatic carbocycles. The third kappa shape index (κ3) is 4.50. The van der Waals surface area contributed by atoms with Gasteiger partial charge in [-0.25, -0.2) is 0 Å². The molecule has 0 saturated heterocycles. The van der Waals surface area contributed by atoms with Crippen molar-refractivity contribution in [2.24, 2.45) is 5.73 Å². The number of nitrogens with two attached hydrogens (primary N) is 1. The maximum atomic E-state index is 6.41. The lowest BCUT2D eigenvalue weighted by atomic mass is 9.95. The number of benzene rings is 1. The second-order valence-corrected chi connectivity index (χ2v) is 5.28. The van der Waals surface area contributed by atoms with Crippen LogP contribution >= 0.6 is 0 Å². The number of ether oxygens (including phenoxy) is 1. The first-order valence-electron chi connectivity index (χ1n) is 7.81. The summed E-state index contributed by atoms with van der Waals surface area (Å²) in [4.78, 5) is 2.49. The zero-order chi connectivity index (χ0) is 15.0. The second kappa shape index (κ2) is 8.98. The van der Waals surface area contributed by atoms with Crippen molar-refractivity contribution in [1.82, 2.24) is 4.90 Å². The molecule has 0 aromatic heterocycles. The van der Waals surface area contributed by atoms with Gasteiger partial charge in [0.15, 0.2) is 0 Å². The van der Waals surface area contributed by atoms with Gasteiger partial charge >= 0.3 is 0 Å². The largest absolute Gasteiger partial charge is 0.497 e. The number of rotatable bonds is 9. The molecule has 0 fully saturated rings. The van der Waals surface area contributed by atoms with Gasteiger partial charge in [0, 0.05) is 12.1 Å². The standard InChI is InChI=1S/C17H30N2O/c1-5-8-12-19(7-3)17(16(18)6-2)14-10-9-11-15(13-14)20-4/h9-11,13,16-17H,5-8,12,18H2,1-4H3. The number of hydrogen-bond donors (Lipinski definition) is 1. The Kier molecular flexibility index (Phi) is 7.63. The van der Waals surface area contributed by atoms with E-state index in [1.165, 1.54) is 18.4 Å². The van der Waals surface area contributed by atoms with E-state index in [9.17, 15) is 0 Å². The maximum absolute atomic E-state index is 6.41. The van der Waals surface area contributed by atoms with E-state index in [2.05, 4.69) is 43.9 Å². The lowest BCUT2D eigenvalue weighted by molar-refractivity contribution is 0.175. The minimum atomic E-state index is 0.152. The monoisotopic (exact) mass is 278 g/mol. The molecule has 2 N–H and O–H groups in total. The molecule has 0 aliphatic heterocycles. The van der Waals surface area contributed by atoms with Gasteiger partial charge in [-0.15, -0.1) is 0 Å². The quantitative estimate of drug-likeness (QED) is 0.750. The van der Waals surface area contributed by atoms with Crippen LogP contribution in [0.3, 0.4) is 0 Å². The fourth-order valence-corrected chi connectivity index (χ4v) is 2.63. The van der Waals surface area contributed by atoms with E-state index in [0.717, 1.165) is 25.3 Å². The van der Waals surface area contributed by atoms with Gasteiger partial charge in [-0.2, -0.15) is 0 Å². The fraction of sp³-hybridized carbons (Fsp3) is 0.647. The summed E-state index contributed by atoms with van der Waals surface area (Å²) in [5, 5.41) is 0. The minimum absolute atomic E-state index is 0.152. The van der Waals surface area contributed by atoms with Crippen LogP contribution in [0.4, 0.5) is 0 Å². The highest BCUT2D eigenvalue weighted by molar-refractivity contribution is 5.31. The molecule has 1 rings (SSSR count). The van der Waals surface area contributed by atoms with Gasteiger partial charge in [0.2, 0.25) is 0 Å². The van der Waals surface area contributed by atoms with Crippen molar-refractivity contribution in [1.29, 1.82) is 0 Å². The van der Waals surface area contributed by atoms with Gasteiger partial charge in [-0.3, -0.25) is 4.90 Å². The Hall–Kier alpha value is -1.06. The third-order valence-corrected chi connectivity index (χ3v) is 3.91. The zero-order valence-electron chi connectivity index (χ0n) is 13.4. The molecular weight excluding hydrogens is 248 g/mol. The minimum Gasteiger partial charge on any atom is -0.497 e. The van der Waals surface area contributed by atoms with Crippen LogP contribution in [0.1, 0.15) is 51.6 Å². The normalized spacial score (nSPS) is 14.3. The molecule has 2 atom stereocenters. The molecule has 1 aromatic carbocycles. The summed E-state index contributed by atoms with van der Waals surface area (Å²) in [7, 11) is 1.71. The highest BCUT2D eigenvalue weighted by atomic mass is 16.5. The number of unbranched alkanes of at least 4 members (excludes halogenated alkanes) is 1. The summed E-state index contributed by atoms with van der Waals surface area (Å²) in [6.07, 6.45) is 3.40. The van der Waals surface area contributed by atoms with Crippen molar-refractivity contribution in [3.63, 3.8) is 0 Å². The molecule has 1 aromatic rings. The third-order valence-electron chi connectivity index (χ3n) is 3.91. The van der Waals surface area contributed by atoms with E-state index in [1.807, 2.05) is 6.07 Å². The van der Waals surface area contributed by atoms with Crippen LogP contribution in [0, 0.1) is 0 Å². The first kappa shape index (κ1) is 17.0. The molecule has 0 spiro atoms. The van der Waals surface area contributed by atoms with Crippen molar-refractivity contribution >= 4 is 0 Å². The lowest BCUT2D eigenvalue weighted by Crippen LogP contribution is -2.41. The molecule has 0 radical (unpaired) electrons. The predicted molar refractivity (Wildman–Crippen MR) is 86.2 cm³/mol. The highest BCUT2D eigenvalue weighted by Crippen LogP contribution is 2.28. The Morgan fingerprint density at radius 1 is 1.25 bits per heavy atom. The summed E-state index contributed by atoms with van der Waals surface area (Å²) in [5.41, 5.74) is 7.67. The number of nitrogens with zero attached hydrogens (tertiary/aromatic N) is 1. The van der Waals surface area contributed by atoms with Gasteiger partial charge < -0.3 is 10.5 Å². The van der Waals surface area contributed by atoms with E-state index in [-0.39, 0.29) is 12.1 Å². The van der Waals surface area contributed by atoms with E-state index in [1.54, 1.807) is 7.11 Å². The van der Waals surface area contributed by atoms with Gasteiger partial charge in [-0.05, 0) is 43.6 Å². The van der Waals surface area contributed by atoms with Crippen molar-refractivity contribution < 1.29 is 4.74 Å². The summed E-state index contributed by atoms with van der Waals surface area (Å²) in [5.74, 6) is 0.905. The molecule has 0 heterocycles. The fourth-order valence-electron chi connectivity index (χ4n) is 2.63. The molecule has 0 saturated carbocycles. The Morgan fingerprint density at radius 2 is 2.00 bits per heavy atom. The Bertz CT molecular complexity index is 381. The van der Waals surface area contributed by atoms with Crippen LogP contribution in [0.5, 0.6) is 5.75 Å². The summed E-state index contributed by atoms with van der Waals surface area (Å²) < 4.78 is 5.35. The molecule has 20 heavy (non-hydrogen) atoms. The average Bonchev–Trinajstić information content (AvgIpc) is 2.50. The molecule has 3 heteroatoms. The second-order valence-electron chi connectivity index (χ2n) is 5.28. The molecule has 114 valence electrons. The van der Waals surface area contributed by atoms with Crippen LogP contribution in [-0.2, 0) is 0 Å². The maximum Gasteiger partial charge on any atom is 0.119 e. The smallest absolute Gasteiger partial charge is 0.119 e. The van der Waals surface area contributed by atoms with Gasteiger partial charge in [-0.1, -0.05) is 39.3 Å². The lowest BCUT2D eigenvalue weighted by Gasteiger charge is -2.35. The molecule has 3 nitrogen and oxygen atoms in total. The number of hydrogen-bond acceptors (Lipinski definition) is 3. The Labute approximate surface area is 124 Å². The van der Waals surface area contributed by atoms with Gasteiger partial charge in [0.25, 0.3) is 0 Å². The molecule has 0 amide bonds. The molecule has 0 bridgehead atoms.